The Morgan fingerprint density at radius 2 is 1.80 bits per heavy atom. The molecule has 2 aliphatic rings. The maximum absolute atomic E-state index is 12.8. The zero-order valence-electron chi connectivity index (χ0n) is 14.7. The average Bonchev–Trinajstić information content (AvgIpc) is 2.61. The molecule has 0 fully saturated rings. The van der Waals surface area contributed by atoms with E-state index in [0.717, 1.165) is 59.4 Å². The van der Waals surface area contributed by atoms with Crippen molar-refractivity contribution < 1.29 is 9.59 Å². The molecule has 0 unspecified atom stereocenters. The van der Waals surface area contributed by atoms with Gasteiger partial charge in [0.05, 0.1) is 5.69 Å². The van der Waals surface area contributed by atoms with Gasteiger partial charge in [-0.3, -0.25) is 9.59 Å². The van der Waals surface area contributed by atoms with Gasteiger partial charge in [-0.15, -0.1) is 0 Å². The first-order valence-electron chi connectivity index (χ1n) is 8.88. The molecule has 0 saturated carbocycles. The predicted molar refractivity (Wildman–Crippen MR) is 99.3 cm³/mol. The Kier molecular flexibility index (Phi) is 3.83. The van der Waals surface area contributed by atoms with Crippen molar-refractivity contribution in [1.29, 1.82) is 0 Å². The van der Waals surface area contributed by atoms with Crippen molar-refractivity contribution in [1.82, 2.24) is 0 Å². The maximum Gasteiger partial charge on any atom is 0.255 e. The Balaban J connectivity index is 1.69. The predicted octanol–water partition coefficient (Wildman–Crippen LogP) is 3.78. The van der Waals surface area contributed by atoms with Gasteiger partial charge >= 0.3 is 0 Å². The van der Waals surface area contributed by atoms with Crippen LogP contribution in [0.3, 0.4) is 0 Å². The van der Waals surface area contributed by atoms with Gasteiger partial charge in [0.15, 0.2) is 0 Å². The molecule has 4 rings (SSSR count). The molecule has 0 aromatic heterocycles. The van der Waals surface area contributed by atoms with Crippen LogP contribution in [0.5, 0.6) is 0 Å². The van der Waals surface area contributed by atoms with E-state index in [1.165, 1.54) is 0 Å². The lowest BCUT2D eigenvalue weighted by molar-refractivity contribution is -0.119. The van der Waals surface area contributed by atoms with Crippen LogP contribution in [-0.4, -0.2) is 18.4 Å². The molecule has 0 aliphatic carbocycles. The average molecular weight is 334 g/mol. The van der Waals surface area contributed by atoms with Crippen molar-refractivity contribution in [2.45, 2.75) is 39.5 Å². The quantitative estimate of drug-likeness (QED) is 0.908. The monoisotopic (exact) mass is 334 g/mol. The van der Waals surface area contributed by atoms with E-state index >= 15 is 0 Å². The summed E-state index contributed by atoms with van der Waals surface area (Å²) >= 11 is 0. The molecule has 2 heterocycles. The molecule has 0 spiro atoms. The lowest BCUT2D eigenvalue weighted by Crippen LogP contribution is -2.39. The van der Waals surface area contributed by atoms with Crippen LogP contribution in [0.2, 0.25) is 0 Å². The Morgan fingerprint density at radius 3 is 2.60 bits per heavy atom. The number of nitrogens with zero attached hydrogens (tertiary/aromatic N) is 1. The first-order valence-corrected chi connectivity index (χ1v) is 8.88. The van der Waals surface area contributed by atoms with Gasteiger partial charge in [0, 0.05) is 24.2 Å². The van der Waals surface area contributed by atoms with E-state index < -0.39 is 0 Å². The highest BCUT2D eigenvalue weighted by atomic mass is 16.2. The van der Waals surface area contributed by atoms with Crippen molar-refractivity contribution in [3.8, 4) is 0 Å². The number of hydrogen-bond acceptors (Lipinski definition) is 2. The molecule has 2 aliphatic heterocycles. The molecular weight excluding hydrogens is 312 g/mol. The van der Waals surface area contributed by atoms with E-state index in [1.54, 1.807) is 0 Å². The minimum Gasteiger partial charge on any atom is -0.322 e. The van der Waals surface area contributed by atoms with Gasteiger partial charge in [0.25, 0.3) is 5.91 Å². The standard InChI is InChI=1S/C21H22N2O2/c1-13-5-6-14(2)18(10-13)22-21(25)17-11-15-4-3-9-23-19(24)8-7-16(12-17)20(15)23/h5-6,10-12H,3-4,7-9H2,1-2H3,(H,22,25). The summed E-state index contributed by atoms with van der Waals surface area (Å²) in [5.41, 5.74) is 7.03. The van der Waals surface area contributed by atoms with Crippen molar-refractivity contribution in [3.63, 3.8) is 0 Å². The number of hydrogen-bond donors (Lipinski definition) is 1. The summed E-state index contributed by atoms with van der Waals surface area (Å²) in [5, 5.41) is 3.04. The summed E-state index contributed by atoms with van der Waals surface area (Å²) in [7, 11) is 0. The molecule has 0 atom stereocenters. The smallest absolute Gasteiger partial charge is 0.255 e. The Morgan fingerprint density at radius 1 is 1.04 bits per heavy atom. The first-order chi connectivity index (χ1) is 12.0. The van der Waals surface area contributed by atoms with Crippen LogP contribution in [0.25, 0.3) is 0 Å². The summed E-state index contributed by atoms with van der Waals surface area (Å²) < 4.78 is 0. The highest BCUT2D eigenvalue weighted by molar-refractivity contribution is 6.06. The summed E-state index contributed by atoms with van der Waals surface area (Å²) in [6, 6.07) is 9.98. The van der Waals surface area contributed by atoms with E-state index in [1.807, 2.05) is 49.1 Å². The van der Waals surface area contributed by atoms with Gasteiger partial charge in [-0.1, -0.05) is 12.1 Å². The largest absolute Gasteiger partial charge is 0.322 e. The first kappa shape index (κ1) is 15.9. The second kappa shape index (κ2) is 6.03. The molecule has 2 aromatic carbocycles. The van der Waals surface area contributed by atoms with Crippen LogP contribution in [0.15, 0.2) is 30.3 Å². The summed E-state index contributed by atoms with van der Waals surface area (Å²) in [5.74, 6) is 0.128. The van der Waals surface area contributed by atoms with Gasteiger partial charge in [-0.25, -0.2) is 0 Å². The highest BCUT2D eigenvalue weighted by Gasteiger charge is 2.30. The second-order valence-electron chi connectivity index (χ2n) is 7.06. The zero-order chi connectivity index (χ0) is 17.6. The molecule has 1 N–H and O–H groups in total. The van der Waals surface area contributed by atoms with E-state index in [2.05, 4.69) is 5.32 Å². The van der Waals surface area contributed by atoms with E-state index in [4.69, 9.17) is 0 Å². The molecule has 25 heavy (non-hydrogen) atoms. The summed E-state index contributed by atoms with van der Waals surface area (Å²) in [6.45, 7) is 4.81. The van der Waals surface area contributed by atoms with Crippen LogP contribution in [0.1, 0.15) is 45.5 Å². The number of amides is 2. The third kappa shape index (κ3) is 2.82. The number of nitrogens with one attached hydrogen (secondary N) is 1. The number of benzene rings is 2. The molecule has 4 heteroatoms. The van der Waals surface area contributed by atoms with Crippen LogP contribution in [0.4, 0.5) is 11.4 Å². The van der Waals surface area contributed by atoms with Crippen molar-refractivity contribution in [3.05, 3.63) is 58.1 Å². The van der Waals surface area contributed by atoms with Gasteiger partial charge in [-0.05, 0) is 73.6 Å². The number of anilines is 2. The third-order valence-corrected chi connectivity index (χ3v) is 5.18. The fourth-order valence-electron chi connectivity index (χ4n) is 3.85. The number of carbonyl (C=O) groups excluding carboxylic acids is 2. The van der Waals surface area contributed by atoms with Crippen molar-refractivity contribution in [2.75, 3.05) is 16.8 Å². The lowest BCUT2D eigenvalue weighted by Gasteiger charge is -2.35. The molecule has 2 amide bonds. The molecule has 0 bridgehead atoms. The SMILES string of the molecule is Cc1ccc(C)c(NC(=O)c2cc3c4c(c2)CCC(=O)N4CCC3)c1. The number of rotatable bonds is 2. The van der Waals surface area contributed by atoms with Crippen LogP contribution >= 0.6 is 0 Å². The second-order valence-corrected chi connectivity index (χ2v) is 7.06. The van der Waals surface area contributed by atoms with Gasteiger partial charge in [0.2, 0.25) is 5.91 Å². The molecule has 128 valence electrons. The topological polar surface area (TPSA) is 49.4 Å². The lowest BCUT2D eigenvalue weighted by atomic mass is 9.89. The number of aryl methyl sites for hydroxylation is 4. The Hall–Kier alpha value is -2.62. The Labute approximate surface area is 147 Å². The fraction of sp³-hybridized carbons (Fsp3) is 0.333. The third-order valence-electron chi connectivity index (χ3n) is 5.18. The molecule has 0 radical (unpaired) electrons. The van der Waals surface area contributed by atoms with Gasteiger partial charge in [-0.2, -0.15) is 0 Å². The maximum atomic E-state index is 12.8. The van der Waals surface area contributed by atoms with Crippen molar-refractivity contribution in [2.24, 2.45) is 0 Å². The van der Waals surface area contributed by atoms with Gasteiger partial charge < -0.3 is 10.2 Å². The van der Waals surface area contributed by atoms with Crippen LogP contribution in [0, 0.1) is 13.8 Å². The summed E-state index contributed by atoms with van der Waals surface area (Å²) in [6.07, 6.45) is 3.15. The minimum absolute atomic E-state index is 0.0817. The fourth-order valence-corrected chi connectivity index (χ4v) is 3.85. The van der Waals surface area contributed by atoms with Crippen LogP contribution in [-0.2, 0) is 17.6 Å². The molecule has 0 saturated heterocycles. The Bertz CT molecular complexity index is 868. The van der Waals surface area contributed by atoms with Crippen LogP contribution < -0.4 is 10.2 Å². The highest BCUT2D eigenvalue weighted by Crippen LogP contribution is 2.36. The van der Waals surface area contributed by atoms with Gasteiger partial charge in [0.1, 0.15) is 0 Å². The van der Waals surface area contributed by atoms with E-state index in [-0.39, 0.29) is 11.8 Å². The summed E-state index contributed by atoms with van der Waals surface area (Å²) in [4.78, 5) is 26.9. The number of carbonyl (C=O) groups is 2. The molecular formula is C21H22N2O2. The molecule has 4 nitrogen and oxygen atoms in total. The van der Waals surface area contributed by atoms with E-state index in [9.17, 15) is 9.59 Å². The zero-order valence-corrected chi connectivity index (χ0v) is 14.7. The molecule has 2 aromatic rings. The minimum atomic E-state index is -0.0817. The van der Waals surface area contributed by atoms with Crippen molar-refractivity contribution >= 4 is 23.2 Å². The van der Waals surface area contributed by atoms with E-state index in [0.29, 0.717) is 12.0 Å². The normalized spacial score (nSPS) is 15.8.